The zero-order valence-electron chi connectivity index (χ0n) is 14.6. The number of carbonyl (C=O) groups is 1. The van der Waals surface area contributed by atoms with Gasteiger partial charge in [-0.1, -0.05) is 6.92 Å². The second-order valence-corrected chi connectivity index (χ2v) is 6.22. The van der Waals surface area contributed by atoms with Gasteiger partial charge in [0.15, 0.2) is 23.1 Å². The van der Waals surface area contributed by atoms with Crippen molar-refractivity contribution in [2.75, 3.05) is 49.7 Å². The Morgan fingerprint density at radius 2 is 1.88 bits per heavy atom. The van der Waals surface area contributed by atoms with Gasteiger partial charge in [0.05, 0.1) is 0 Å². The number of hydrogen-bond acceptors (Lipinski definition) is 7. The van der Waals surface area contributed by atoms with Crippen molar-refractivity contribution < 1.29 is 14.3 Å². The van der Waals surface area contributed by atoms with Crippen LogP contribution in [0.3, 0.4) is 0 Å². The molecule has 8 heteroatoms. The van der Waals surface area contributed by atoms with Crippen molar-refractivity contribution in [2.24, 2.45) is 0 Å². The fraction of sp³-hybridized carbons (Fsp3) is 0.389. The van der Waals surface area contributed by atoms with Gasteiger partial charge >= 0.3 is 0 Å². The van der Waals surface area contributed by atoms with E-state index in [2.05, 4.69) is 32.2 Å². The Morgan fingerprint density at radius 3 is 2.62 bits per heavy atom. The van der Waals surface area contributed by atoms with Gasteiger partial charge in [-0.25, -0.2) is 0 Å². The number of anilines is 2. The van der Waals surface area contributed by atoms with E-state index in [1.165, 1.54) is 0 Å². The highest BCUT2D eigenvalue weighted by atomic mass is 16.7. The van der Waals surface area contributed by atoms with Crippen molar-refractivity contribution in [3.63, 3.8) is 0 Å². The first-order valence-corrected chi connectivity index (χ1v) is 8.75. The first-order valence-electron chi connectivity index (χ1n) is 8.75. The number of nitrogens with zero attached hydrogens (tertiary/aromatic N) is 4. The number of fused-ring (bicyclic) bond motifs is 1. The Hall–Kier alpha value is -2.87. The third kappa shape index (κ3) is 3.41. The number of likely N-dealkylation sites (N-methyl/N-ethyl adjacent to an activating group) is 1. The molecule has 1 aromatic carbocycles. The first-order chi connectivity index (χ1) is 12.7. The fourth-order valence-electron chi connectivity index (χ4n) is 3.08. The molecule has 0 aliphatic carbocycles. The summed E-state index contributed by atoms with van der Waals surface area (Å²) in [7, 11) is 0. The number of rotatable bonds is 4. The molecule has 26 heavy (non-hydrogen) atoms. The summed E-state index contributed by atoms with van der Waals surface area (Å²) < 4.78 is 10.6. The summed E-state index contributed by atoms with van der Waals surface area (Å²) in [6, 6.07) is 8.75. The van der Waals surface area contributed by atoms with Gasteiger partial charge in [0.1, 0.15) is 0 Å². The Morgan fingerprint density at radius 1 is 1.08 bits per heavy atom. The van der Waals surface area contributed by atoms with E-state index < -0.39 is 0 Å². The van der Waals surface area contributed by atoms with Crippen molar-refractivity contribution >= 4 is 17.5 Å². The van der Waals surface area contributed by atoms with Gasteiger partial charge in [0.25, 0.3) is 5.91 Å². The van der Waals surface area contributed by atoms with Crippen LogP contribution in [0.2, 0.25) is 0 Å². The van der Waals surface area contributed by atoms with Crippen LogP contribution in [-0.2, 0) is 0 Å². The molecule has 2 aromatic rings. The Kier molecular flexibility index (Phi) is 4.57. The van der Waals surface area contributed by atoms with Gasteiger partial charge < -0.3 is 24.6 Å². The Balaban J connectivity index is 1.39. The highest BCUT2D eigenvalue weighted by Gasteiger charge is 2.18. The lowest BCUT2D eigenvalue weighted by Gasteiger charge is -2.34. The summed E-state index contributed by atoms with van der Waals surface area (Å²) in [5.74, 6) is 2.21. The standard InChI is InChI=1S/C18H21N5O3/c1-2-22-7-9-23(10-8-22)17-6-5-16(20-21-17)19-18(24)13-3-4-14-15(11-13)26-12-25-14/h3-6,11H,2,7-10,12H2,1H3,(H,19,20,24). The number of hydrogen-bond donors (Lipinski definition) is 1. The molecular weight excluding hydrogens is 334 g/mol. The highest BCUT2D eigenvalue weighted by molar-refractivity contribution is 6.04. The zero-order chi connectivity index (χ0) is 17.9. The largest absolute Gasteiger partial charge is 0.454 e. The molecule has 136 valence electrons. The van der Waals surface area contributed by atoms with Crippen molar-refractivity contribution in [1.82, 2.24) is 15.1 Å². The summed E-state index contributed by atoms with van der Waals surface area (Å²) in [6.45, 7) is 7.36. The van der Waals surface area contributed by atoms with Crippen LogP contribution in [0.4, 0.5) is 11.6 Å². The average Bonchev–Trinajstić information content (AvgIpc) is 3.16. The number of ether oxygens (including phenoxy) is 2. The minimum absolute atomic E-state index is 0.180. The fourth-order valence-corrected chi connectivity index (χ4v) is 3.08. The molecule has 1 aromatic heterocycles. The summed E-state index contributed by atoms with van der Waals surface area (Å²) >= 11 is 0. The third-order valence-electron chi connectivity index (χ3n) is 4.67. The molecule has 0 bridgehead atoms. The van der Waals surface area contributed by atoms with E-state index in [1.807, 2.05) is 6.07 Å². The van der Waals surface area contributed by atoms with Gasteiger partial charge in [0, 0.05) is 31.7 Å². The van der Waals surface area contributed by atoms with Gasteiger partial charge in [0.2, 0.25) is 6.79 Å². The van der Waals surface area contributed by atoms with Crippen molar-refractivity contribution in [2.45, 2.75) is 6.92 Å². The summed E-state index contributed by atoms with van der Waals surface area (Å²) in [5.41, 5.74) is 0.482. The molecule has 0 atom stereocenters. The van der Waals surface area contributed by atoms with Crippen LogP contribution in [0.25, 0.3) is 0 Å². The maximum atomic E-state index is 12.4. The van der Waals surface area contributed by atoms with Crippen LogP contribution in [-0.4, -0.2) is 60.5 Å². The van der Waals surface area contributed by atoms with E-state index in [4.69, 9.17) is 9.47 Å². The monoisotopic (exact) mass is 355 g/mol. The number of amides is 1. The maximum absolute atomic E-state index is 12.4. The van der Waals surface area contributed by atoms with Crippen LogP contribution in [0.1, 0.15) is 17.3 Å². The molecule has 1 amide bonds. The number of aromatic nitrogens is 2. The minimum Gasteiger partial charge on any atom is -0.454 e. The van der Waals surface area contributed by atoms with Crippen LogP contribution >= 0.6 is 0 Å². The van der Waals surface area contributed by atoms with Crippen LogP contribution < -0.4 is 19.7 Å². The van der Waals surface area contributed by atoms with E-state index in [0.717, 1.165) is 38.5 Å². The molecule has 1 N–H and O–H groups in total. The maximum Gasteiger partial charge on any atom is 0.257 e. The van der Waals surface area contributed by atoms with Crippen molar-refractivity contribution in [1.29, 1.82) is 0 Å². The summed E-state index contributed by atoms with van der Waals surface area (Å²) in [6.07, 6.45) is 0. The molecule has 0 radical (unpaired) electrons. The normalized spacial score (nSPS) is 16.6. The van der Waals surface area contributed by atoms with Gasteiger partial charge in [-0.3, -0.25) is 4.79 Å². The molecule has 8 nitrogen and oxygen atoms in total. The van der Waals surface area contributed by atoms with E-state index in [-0.39, 0.29) is 12.7 Å². The van der Waals surface area contributed by atoms with Crippen molar-refractivity contribution in [3.05, 3.63) is 35.9 Å². The van der Waals surface area contributed by atoms with Gasteiger partial charge in [-0.05, 0) is 36.9 Å². The van der Waals surface area contributed by atoms with Gasteiger partial charge in [-0.2, -0.15) is 0 Å². The third-order valence-corrected chi connectivity index (χ3v) is 4.67. The van der Waals surface area contributed by atoms with Crippen LogP contribution in [0.5, 0.6) is 11.5 Å². The van der Waals surface area contributed by atoms with E-state index in [1.54, 1.807) is 24.3 Å². The van der Waals surface area contributed by atoms with E-state index >= 15 is 0 Å². The van der Waals surface area contributed by atoms with E-state index in [9.17, 15) is 4.79 Å². The minimum atomic E-state index is -0.262. The molecule has 2 aliphatic heterocycles. The molecular formula is C18H21N5O3. The number of nitrogens with one attached hydrogen (secondary N) is 1. The molecule has 3 heterocycles. The molecule has 0 unspecified atom stereocenters. The van der Waals surface area contributed by atoms with Crippen LogP contribution in [0, 0.1) is 0 Å². The zero-order valence-corrected chi connectivity index (χ0v) is 14.6. The van der Waals surface area contributed by atoms with Crippen LogP contribution in [0.15, 0.2) is 30.3 Å². The Labute approximate surface area is 151 Å². The lowest BCUT2D eigenvalue weighted by molar-refractivity contribution is 0.102. The number of benzene rings is 1. The second-order valence-electron chi connectivity index (χ2n) is 6.22. The SMILES string of the molecule is CCN1CCN(c2ccc(NC(=O)c3ccc4c(c3)OCO4)nn2)CC1. The first kappa shape index (κ1) is 16.6. The number of piperazine rings is 1. The lowest BCUT2D eigenvalue weighted by atomic mass is 10.2. The lowest BCUT2D eigenvalue weighted by Crippen LogP contribution is -2.46. The van der Waals surface area contributed by atoms with Gasteiger partial charge in [-0.15, -0.1) is 10.2 Å². The quantitative estimate of drug-likeness (QED) is 0.892. The average molecular weight is 355 g/mol. The molecule has 0 spiro atoms. The molecule has 1 saturated heterocycles. The topological polar surface area (TPSA) is 79.8 Å². The smallest absolute Gasteiger partial charge is 0.257 e. The summed E-state index contributed by atoms with van der Waals surface area (Å²) in [5, 5.41) is 11.2. The highest BCUT2D eigenvalue weighted by Crippen LogP contribution is 2.32. The number of carbonyl (C=O) groups excluding carboxylic acids is 1. The predicted octanol–water partition coefficient (Wildman–Crippen LogP) is 1.60. The summed E-state index contributed by atoms with van der Waals surface area (Å²) in [4.78, 5) is 17.0. The molecule has 4 rings (SSSR count). The van der Waals surface area contributed by atoms with Crippen molar-refractivity contribution in [3.8, 4) is 11.5 Å². The molecule has 2 aliphatic rings. The molecule has 0 saturated carbocycles. The molecule has 1 fully saturated rings. The second kappa shape index (κ2) is 7.17. The Bertz CT molecular complexity index is 788. The van der Waals surface area contributed by atoms with E-state index in [0.29, 0.717) is 22.9 Å². The predicted molar refractivity (Wildman–Crippen MR) is 96.9 cm³/mol.